The molecule has 0 aliphatic rings. The third-order valence-electron chi connectivity index (χ3n) is 4.18. The van der Waals surface area contributed by atoms with E-state index in [0.29, 0.717) is 47.2 Å². The predicted molar refractivity (Wildman–Crippen MR) is 119 cm³/mol. The lowest BCUT2D eigenvalue weighted by molar-refractivity contribution is -0.113. The first kappa shape index (κ1) is 22.3. The van der Waals surface area contributed by atoms with Gasteiger partial charge in [0, 0.05) is 18.8 Å². The van der Waals surface area contributed by atoms with E-state index in [2.05, 4.69) is 36.1 Å². The number of carbonyl (C=O) groups is 2. The predicted octanol–water partition coefficient (Wildman–Crippen LogP) is 2.21. The fourth-order valence-corrected chi connectivity index (χ4v) is 3.44. The zero-order valence-corrected chi connectivity index (χ0v) is 18.5. The number of amides is 1. The Balaban J connectivity index is 1.75. The average Bonchev–Trinajstić information content (AvgIpc) is 3.17. The summed E-state index contributed by atoms with van der Waals surface area (Å²) in [6, 6.07) is 5.00. The highest BCUT2D eigenvalue weighted by Crippen LogP contribution is 2.22. The number of nitrogens with zero attached hydrogens (tertiary/aromatic N) is 5. The van der Waals surface area contributed by atoms with Crippen LogP contribution in [0.2, 0.25) is 0 Å². The van der Waals surface area contributed by atoms with Crippen molar-refractivity contribution in [2.75, 3.05) is 41.9 Å². The van der Waals surface area contributed by atoms with Crippen LogP contribution in [0.1, 0.15) is 29.8 Å². The Morgan fingerprint density at radius 3 is 2.61 bits per heavy atom. The summed E-state index contributed by atoms with van der Waals surface area (Å²) in [4.78, 5) is 33.1. The Bertz CT molecular complexity index is 1100. The number of ether oxygens (including phenoxy) is 1. The molecular formula is C19H24N8O3S. The van der Waals surface area contributed by atoms with Gasteiger partial charge >= 0.3 is 5.97 Å². The van der Waals surface area contributed by atoms with Gasteiger partial charge in [0.05, 0.1) is 18.4 Å². The van der Waals surface area contributed by atoms with Gasteiger partial charge in [-0.25, -0.2) is 9.20 Å². The molecular weight excluding hydrogens is 420 g/mol. The molecule has 0 saturated heterocycles. The lowest BCUT2D eigenvalue weighted by Gasteiger charge is -2.11. The minimum atomic E-state index is -0.465. The monoisotopic (exact) mass is 444 g/mol. The summed E-state index contributed by atoms with van der Waals surface area (Å²) in [5.41, 5.74) is 1.74. The van der Waals surface area contributed by atoms with Crippen LogP contribution in [0.15, 0.2) is 23.4 Å². The maximum Gasteiger partial charge on any atom is 0.337 e. The SMILES string of the molecule is CCNc1nc(NCC)n2c(SCC(=O)Nc3cc(C(=O)OC)ccc3C)nnc2n1. The van der Waals surface area contributed by atoms with Crippen LogP contribution in [0.3, 0.4) is 0 Å². The number of fused-ring (bicyclic) bond motifs is 1. The number of aryl methyl sites for hydroxylation is 1. The van der Waals surface area contributed by atoms with Crippen LogP contribution in [0.5, 0.6) is 0 Å². The smallest absolute Gasteiger partial charge is 0.337 e. The van der Waals surface area contributed by atoms with E-state index < -0.39 is 5.97 Å². The minimum absolute atomic E-state index is 0.0865. The van der Waals surface area contributed by atoms with Gasteiger partial charge < -0.3 is 20.7 Å². The summed E-state index contributed by atoms with van der Waals surface area (Å²) >= 11 is 1.21. The molecule has 2 heterocycles. The molecule has 0 radical (unpaired) electrons. The van der Waals surface area contributed by atoms with Gasteiger partial charge in [0.2, 0.25) is 17.8 Å². The van der Waals surface area contributed by atoms with E-state index in [1.54, 1.807) is 22.6 Å². The Labute approximate surface area is 183 Å². The molecule has 2 aromatic heterocycles. The van der Waals surface area contributed by atoms with Crippen molar-refractivity contribution in [3.63, 3.8) is 0 Å². The molecule has 0 unspecified atom stereocenters. The number of esters is 1. The van der Waals surface area contributed by atoms with Gasteiger partial charge in [-0.1, -0.05) is 17.8 Å². The number of aromatic nitrogens is 5. The molecule has 0 aliphatic heterocycles. The summed E-state index contributed by atoms with van der Waals surface area (Å²) < 4.78 is 6.40. The largest absolute Gasteiger partial charge is 0.465 e. The van der Waals surface area contributed by atoms with Crippen LogP contribution in [-0.2, 0) is 9.53 Å². The molecule has 12 heteroatoms. The molecule has 3 N–H and O–H groups in total. The standard InChI is InChI=1S/C19H24N8O3S/c1-5-20-16-23-17(21-6-2)27-18(24-16)25-26-19(27)31-10-14(28)22-13-9-12(15(29)30-4)8-7-11(13)3/h7-9H,5-6,10H2,1-4H3,(H,22,28)(H2,20,21,23,24,25). The topological polar surface area (TPSA) is 135 Å². The maximum atomic E-state index is 12.5. The van der Waals surface area contributed by atoms with E-state index in [1.807, 2.05) is 20.8 Å². The van der Waals surface area contributed by atoms with Crippen LogP contribution in [0, 0.1) is 6.92 Å². The number of hydrogen-bond acceptors (Lipinski definition) is 10. The van der Waals surface area contributed by atoms with Crippen LogP contribution in [-0.4, -0.2) is 62.4 Å². The van der Waals surface area contributed by atoms with Gasteiger partial charge in [0.25, 0.3) is 5.78 Å². The third-order valence-corrected chi connectivity index (χ3v) is 5.11. The van der Waals surface area contributed by atoms with Gasteiger partial charge in [-0.15, -0.1) is 10.2 Å². The van der Waals surface area contributed by atoms with Crippen molar-refractivity contribution in [3.05, 3.63) is 29.3 Å². The molecule has 0 saturated carbocycles. The van der Waals surface area contributed by atoms with Crippen molar-refractivity contribution in [1.82, 2.24) is 24.6 Å². The quantitative estimate of drug-likeness (QED) is 0.333. The zero-order valence-electron chi connectivity index (χ0n) is 17.7. The van der Waals surface area contributed by atoms with Crippen LogP contribution < -0.4 is 16.0 Å². The van der Waals surface area contributed by atoms with Crippen molar-refractivity contribution >= 4 is 47.0 Å². The Hall–Kier alpha value is -3.41. The second-order valence-electron chi connectivity index (χ2n) is 6.41. The molecule has 0 spiro atoms. The van der Waals surface area contributed by atoms with Gasteiger partial charge in [-0.2, -0.15) is 9.97 Å². The molecule has 0 fully saturated rings. The summed E-state index contributed by atoms with van der Waals surface area (Å²) in [6.45, 7) is 7.07. The van der Waals surface area contributed by atoms with Gasteiger partial charge in [-0.05, 0) is 38.5 Å². The van der Waals surface area contributed by atoms with Crippen molar-refractivity contribution in [2.24, 2.45) is 0 Å². The van der Waals surface area contributed by atoms with E-state index >= 15 is 0 Å². The molecule has 1 amide bonds. The fourth-order valence-electron chi connectivity index (χ4n) is 2.72. The highest BCUT2D eigenvalue weighted by atomic mass is 32.2. The summed E-state index contributed by atoms with van der Waals surface area (Å²) in [6.07, 6.45) is 0. The van der Waals surface area contributed by atoms with Gasteiger partial charge in [-0.3, -0.25) is 4.79 Å². The summed E-state index contributed by atoms with van der Waals surface area (Å²) in [5, 5.41) is 17.8. The maximum absolute atomic E-state index is 12.5. The molecule has 3 aromatic rings. The van der Waals surface area contributed by atoms with E-state index in [0.717, 1.165) is 5.56 Å². The first-order valence-electron chi connectivity index (χ1n) is 9.69. The molecule has 164 valence electrons. The van der Waals surface area contributed by atoms with Crippen LogP contribution in [0.25, 0.3) is 5.78 Å². The Morgan fingerprint density at radius 1 is 1.13 bits per heavy atom. The fraction of sp³-hybridized carbons (Fsp3) is 0.368. The molecule has 0 bridgehead atoms. The number of anilines is 3. The van der Waals surface area contributed by atoms with E-state index in [9.17, 15) is 9.59 Å². The first-order valence-corrected chi connectivity index (χ1v) is 10.7. The molecule has 1 aromatic carbocycles. The lowest BCUT2D eigenvalue weighted by Crippen LogP contribution is -2.16. The normalized spacial score (nSPS) is 10.7. The number of hydrogen-bond donors (Lipinski definition) is 3. The van der Waals surface area contributed by atoms with Crippen LogP contribution in [0.4, 0.5) is 17.6 Å². The average molecular weight is 445 g/mol. The van der Waals surface area contributed by atoms with E-state index in [-0.39, 0.29) is 11.7 Å². The molecule has 0 aliphatic carbocycles. The summed E-state index contributed by atoms with van der Waals surface area (Å²) in [5.74, 6) is 0.746. The molecule has 0 atom stereocenters. The van der Waals surface area contributed by atoms with Crippen molar-refractivity contribution in [2.45, 2.75) is 25.9 Å². The highest BCUT2D eigenvalue weighted by Gasteiger charge is 2.16. The van der Waals surface area contributed by atoms with Crippen molar-refractivity contribution in [1.29, 1.82) is 0 Å². The first-order chi connectivity index (χ1) is 15.0. The second kappa shape index (κ2) is 10.1. The van der Waals surface area contributed by atoms with E-state index in [4.69, 9.17) is 4.74 Å². The highest BCUT2D eigenvalue weighted by molar-refractivity contribution is 7.99. The molecule has 31 heavy (non-hydrogen) atoms. The number of rotatable bonds is 9. The Kier molecular flexibility index (Phi) is 7.23. The van der Waals surface area contributed by atoms with Crippen LogP contribution >= 0.6 is 11.8 Å². The number of thioether (sulfide) groups is 1. The lowest BCUT2D eigenvalue weighted by atomic mass is 10.1. The number of benzene rings is 1. The van der Waals surface area contributed by atoms with Crippen molar-refractivity contribution in [3.8, 4) is 0 Å². The Morgan fingerprint density at radius 2 is 1.90 bits per heavy atom. The van der Waals surface area contributed by atoms with Gasteiger partial charge in [0.15, 0.2) is 5.16 Å². The molecule has 3 rings (SSSR count). The zero-order chi connectivity index (χ0) is 22.4. The number of methoxy groups -OCH3 is 1. The minimum Gasteiger partial charge on any atom is -0.465 e. The third kappa shape index (κ3) is 5.20. The molecule has 11 nitrogen and oxygen atoms in total. The second-order valence-corrected chi connectivity index (χ2v) is 7.35. The van der Waals surface area contributed by atoms with Gasteiger partial charge in [0.1, 0.15) is 0 Å². The number of nitrogens with one attached hydrogen (secondary N) is 3. The van der Waals surface area contributed by atoms with E-state index in [1.165, 1.54) is 18.9 Å². The number of carbonyl (C=O) groups excluding carboxylic acids is 2. The van der Waals surface area contributed by atoms with Crippen molar-refractivity contribution < 1.29 is 14.3 Å². The summed E-state index contributed by atoms with van der Waals surface area (Å²) in [7, 11) is 1.31.